The number of hydrogen-bond donors (Lipinski definition) is 2. The van der Waals surface area contributed by atoms with Crippen LogP contribution in [0.25, 0.3) is 0 Å². The molecule has 0 bridgehead atoms. The van der Waals surface area contributed by atoms with E-state index in [0.717, 1.165) is 31.6 Å². The van der Waals surface area contributed by atoms with Gasteiger partial charge in [0.2, 0.25) is 0 Å². The minimum atomic E-state index is 0.191. The van der Waals surface area contributed by atoms with E-state index < -0.39 is 0 Å². The van der Waals surface area contributed by atoms with Crippen molar-refractivity contribution in [3.05, 3.63) is 17.6 Å². The molecule has 0 saturated heterocycles. The first kappa shape index (κ1) is 14.3. The molecular weight excluding hydrogens is 236 g/mol. The Morgan fingerprint density at radius 3 is 2.79 bits per heavy atom. The molecule has 0 aromatic carbocycles. The number of anilines is 1. The topological polar surface area (TPSA) is 63.8 Å². The van der Waals surface area contributed by atoms with Gasteiger partial charge in [0, 0.05) is 23.8 Å². The van der Waals surface area contributed by atoms with E-state index in [2.05, 4.69) is 29.1 Å². The highest BCUT2D eigenvalue weighted by molar-refractivity contribution is 5.46. The first-order valence-electron chi connectivity index (χ1n) is 7.49. The van der Waals surface area contributed by atoms with E-state index in [-0.39, 0.29) is 6.04 Å². The van der Waals surface area contributed by atoms with Gasteiger partial charge < -0.3 is 11.1 Å². The van der Waals surface area contributed by atoms with E-state index in [4.69, 9.17) is 5.73 Å². The normalized spacial score (nSPS) is 16.8. The Kier molecular flexibility index (Phi) is 5.14. The van der Waals surface area contributed by atoms with Gasteiger partial charge in [0.1, 0.15) is 12.1 Å². The molecule has 1 unspecified atom stereocenters. The van der Waals surface area contributed by atoms with E-state index in [1.165, 1.54) is 30.5 Å². The molecule has 0 radical (unpaired) electrons. The molecule has 1 aromatic rings. The van der Waals surface area contributed by atoms with Crippen molar-refractivity contribution in [3.8, 4) is 0 Å². The first-order chi connectivity index (χ1) is 9.16. The van der Waals surface area contributed by atoms with Gasteiger partial charge in [0.15, 0.2) is 0 Å². The van der Waals surface area contributed by atoms with E-state index in [1.807, 2.05) is 0 Å². The van der Waals surface area contributed by atoms with Gasteiger partial charge in [-0.05, 0) is 38.0 Å². The number of nitrogens with two attached hydrogens (primary N) is 1. The Labute approximate surface area is 116 Å². The molecule has 0 fully saturated rings. The molecule has 1 aliphatic carbocycles. The van der Waals surface area contributed by atoms with Gasteiger partial charge in [-0.3, -0.25) is 0 Å². The van der Waals surface area contributed by atoms with Crippen LogP contribution in [0.15, 0.2) is 6.33 Å². The Morgan fingerprint density at radius 1 is 1.21 bits per heavy atom. The third kappa shape index (κ3) is 4.16. The van der Waals surface area contributed by atoms with Crippen LogP contribution in [0.3, 0.4) is 0 Å². The molecule has 1 aliphatic rings. The van der Waals surface area contributed by atoms with Crippen molar-refractivity contribution in [2.24, 2.45) is 11.7 Å². The highest BCUT2D eigenvalue weighted by Gasteiger charge is 2.15. The zero-order chi connectivity index (χ0) is 13.7. The average molecular weight is 262 g/mol. The Hall–Kier alpha value is -1.16. The van der Waals surface area contributed by atoms with Crippen molar-refractivity contribution >= 4 is 5.82 Å². The summed E-state index contributed by atoms with van der Waals surface area (Å²) in [4.78, 5) is 8.84. The Morgan fingerprint density at radius 2 is 2.00 bits per heavy atom. The molecule has 3 N–H and O–H groups in total. The summed E-state index contributed by atoms with van der Waals surface area (Å²) in [6, 6.07) is 0.191. The molecule has 0 amide bonds. The number of nitrogens with zero attached hydrogens (tertiary/aromatic N) is 2. The van der Waals surface area contributed by atoms with Gasteiger partial charge in [-0.25, -0.2) is 9.97 Å². The van der Waals surface area contributed by atoms with Crippen LogP contribution in [0.2, 0.25) is 0 Å². The fourth-order valence-electron chi connectivity index (χ4n) is 2.77. The number of aryl methyl sites for hydroxylation is 1. The molecule has 2 rings (SSSR count). The van der Waals surface area contributed by atoms with Crippen LogP contribution >= 0.6 is 0 Å². The predicted molar refractivity (Wildman–Crippen MR) is 79.2 cm³/mol. The van der Waals surface area contributed by atoms with Crippen molar-refractivity contribution in [2.45, 2.75) is 58.4 Å². The van der Waals surface area contributed by atoms with Crippen molar-refractivity contribution in [2.75, 3.05) is 11.9 Å². The molecule has 1 atom stereocenters. The number of hydrogen-bond acceptors (Lipinski definition) is 4. The second kappa shape index (κ2) is 6.85. The lowest BCUT2D eigenvalue weighted by atomic mass is 10.0. The van der Waals surface area contributed by atoms with Crippen LogP contribution in [0.5, 0.6) is 0 Å². The lowest BCUT2D eigenvalue weighted by molar-refractivity contribution is 0.508. The largest absolute Gasteiger partial charge is 0.368 e. The second-order valence-corrected chi connectivity index (χ2v) is 5.98. The van der Waals surface area contributed by atoms with E-state index in [1.54, 1.807) is 6.33 Å². The standard InChI is InChI=1S/C15H26N4/c1-11(2)8-12(16)9-17-15-13-6-4-3-5-7-14(13)18-10-19-15/h10-12H,3-9,16H2,1-2H3,(H,17,18,19). The molecule has 106 valence electrons. The molecule has 0 spiro atoms. The summed E-state index contributed by atoms with van der Waals surface area (Å²) in [5, 5.41) is 3.43. The molecule has 4 nitrogen and oxygen atoms in total. The number of aromatic nitrogens is 2. The third-order valence-corrected chi connectivity index (χ3v) is 3.68. The average Bonchev–Trinajstić information content (AvgIpc) is 2.60. The zero-order valence-corrected chi connectivity index (χ0v) is 12.2. The summed E-state index contributed by atoms with van der Waals surface area (Å²) >= 11 is 0. The fourth-order valence-corrected chi connectivity index (χ4v) is 2.77. The van der Waals surface area contributed by atoms with Crippen molar-refractivity contribution in [1.29, 1.82) is 0 Å². The van der Waals surface area contributed by atoms with Crippen LogP contribution in [0, 0.1) is 5.92 Å². The van der Waals surface area contributed by atoms with Crippen molar-refractivity contribution < 1.29 is 0 Å². The van der Waals surface area contributed by atoms with Gasteiger partial charge in [-0.1, -0.05) is 20.3 Å². The van der Waals surface area contributed by atoms with Crippen LogP contribution in [0.1, 0.15) is 50.8 Å². The van der Waals surface area contributed by atoms with Crippen molar-refractivity contribution in [3.63, 3.8) is 0 Å². The van der Waals surface area contributed by atoms with Gasteiger partial charge in [0.05, 0.1) is 0 Å². The first-order valence-corrected chi connectivity index (χ1v) is 7.49. The highest BCUT2D eigenvalue weighted by Crippen LogP contribution is 2.23. The fraction of sp³-hybridized carbons (Fsp3) is 0.733. The van der Waals surface area contributed by atoms with E-state index in [9.17, 15) is 0 Å². The SMILES string of the molecule is CC(C)CC(N)CNc1ncnc2c1CCCCC2. The van der Waals surface area contributed by atoms with Crippen LogP contribution in [-0.4, -0.2) is 22.6 Å². The quantitative estimate of drug-likeness (QED) is 0.800. The molecule has 1 aromatic heterocycles. The van der Waals surface area contributed by atoms with Crippen molar-refractivity contribution in [1.82, 2.24) is 9.97 Å². The minimum absolute atomic E-state index is 0.191. The maximum absolute atomic E-state index is 6.12. The highest BCUT2D eigenvalue weighted by atomic mass is 15.0. The van der Waals surface area contributed by atoms with Crippen LogP contribution < -0.4 is 11.1 Å². The summed E-state index contributed by atoms with van der Waals surface area (Å²) in [6.45, 7) is 5.20. The molecule has 0 aliphatic heterocycles. The second-order valence-electron chi connectivity index (χ2n) is 5.98. The third-order valence-electron chi connectivity index (χ3n) is 3.68. The van der Waals surface area contributed by atoms with Gasteiger partial charge >= 0.3 is 0 Å². The summed E-state index contributed by atoms with van der Waals surface area (Å²) in [6.07, 6.45) is 8.69. The minimum Gasteiger partial charge on any atom is -0.368 e. The van der Waals surface area contributed by atoms with Gasteiger partial charge in [-0.2, -0.15) is 0 Å². The monoisotopic (exact) mass is 262 g/mol. The lowest BCUT2D eigenvalue weighted by Gasteiger charge is -2.17. The summed E-state index contributed by atoms with van der Waals surface area (Å²) in [5.41, 5.74) is 8.67. The lowest BCUT2D eigenvalue weighted by Crippen LogP contribution is -2.31. The summed E-state index contributed by atoms with van der Waals surface area (Å²) in [5.74, 6) is 1.64. The van der Waals surface area contributed by atoms with Gasteiger partial charge in [0.25, 0.3) is 0 Å². The van der Waals surface area contributed by atoms with Crippen LogP contribution in [-0.2, 0) is 12.8 Å². The summed E-state index contributed by atoms with van der Waals surface area (Å²) in [7, 11) is 0. The smallest absolute Gasteiger partial charge is 0.132 e. The maximum Gasteiger partial charge on any atom is 0.132 e. The number of rotatable bonds is 5. The molecule has 1 heterocycles. The van der Waals surface area contributed by atoms with E-state index in [0.29, 0.717) is 5.92 Å². The van der Waals surface area contributed by atoms with E-state index >= 15 is 0 Å². The molecular formula is C15H26N4. The molecule has 4 heteroatoms. The maximum atomic E-state index is 6.12. The predicted octanol–water partition coefficient (Wildman–Crippen LogP) is 2.53. The Bertz CT molecular complexity index is 403. The summed E-state index contributed by atoms with van der Waals surface area (Å²) < 4.78 is 0. The zero-order valence-electron chi connectivity index (χ0n) is 12.2. The van der Waals surface area contributed by atoms with Gasteiger partial charge in [-0.15, -0.1) is 0 Å². The molecule has 19 heavy (non-hydrogen) atoms. The van der Waals surface area contributed by atoms with Crippen LogP contribution in [0.4, 0.5) is 5.82 Å². The number of nitrogens with one attached hydrogen (secondary N) is 1. The number of fused-ring (bicyclic) bond motifs is 1. The Balaban J connectivity index is 2.00. The molecule has 0 saturated carbocycles.